The summed E-state index contributed by atoms with van der Waals surface area (Å²) in [5.74, 6) is 0. The summed E-state index contributed by atoms with van der Waals surface area (Å²) in [5, 5.41) is 17.0. The molecule has 0 aliphatic heterocycles. The normalized spacial score (nSPS) is 12.2. The van der Waals surface area contributed by atoms with Crippen LogP contribution >= 0.6 is 0 Å². The summed E-state index contributed by atoms with van der Waals surface area (Å²) in [6, 6.07) is -0.00463. The van der Waals surface area contributed by atoms with E-state index in [1.807, 2.05) is 13.1 Å². The molecule has 52 valence electrons. The minimum absolute atomic E-state index is 0.00463. The van der Waals surface area contributed by atoms with Crippen molar-refractivity contribution in [1.82, 2.24) is 4.90 Å². The van der Waals surface area contributed by atoms with Gasteiger partial charge in [0.2, 0.25) is 0 Å². The number of rotatable bonds is 3. The van der Waals surface area contributed by atoms with Gasteiger partial charge in [0.15, 0.2) is 6.19 Å². The van der Waals surface area contributed by atoms with E-state index in [-0.39, 0.29) is 12.6 Å². The highest BCUT2D eigenvalue weighted by Gasteiger charge is 2.07. The van der Waals surface area contributed by atoms with Gasteiger partial charge in [0.25, 0.3) is 0 Å². The molecule has 9 heavy (non-hydrogen) atoms. The van der Waals surface area contributed by atoms with Crippen LogP contribution in [0.4, 0.5) is 0 Å². The first-order chi connectivity index (χ1) is 4.26. The molecule has 0 fully saturated rings. The van der Waals surface area contributed by atoms with Gasteiger partial charge in [0, 0.05) is 7.05 Å². The molecule has 0 aliphatic rings. The quantitative estimate of drug-likeness (QED) is 0.435. The molecule has 0 heterocycles. The zero-order chi connectivity index (χ0) is 7.28. The van der Waals surface area contributed by atoms with Crippen molar-refractivity contribution in [3.8, 4) is 6.19 Å². The van der Waals surface area contributed by atoms with Crippen molar-refractivity contribution in [2.75, 3.05) is 13.7 Å². The SMILES string of the molecule is CCC(CO)N(C)C#N. The van der Waals surface area contributed by atoms with E-state index in [2.05, 4.69) is 0 Å². The fourth-order valence-electron chi connectivity index (χ4n) is 0.607. The summed E-state index contributed by atoms with van der Waals surface area (Å²) in [5.41, 5.74) is 0. The van der Waals surface area contributed by atoms with Gasteiger partial charge in [-0.05, 0) is 6.42 Å². The average molecular weight is 128 g/mol. The Labute approximate surface area is 55.5 Å². The first kappa shape index (κ1) is 8.25. The van der Waals surface area contributed by atoms with Gasteiger partial charge < -0.3 is 10.0 Å². The second-order valence-corrected chi connectivity index (χ2v) is 1.96. The molecule has 0 aromatic heterocycles. The summed E-state index contributed by atoms with van der Waals surface area (Å²) < 4.78 is 0. The van der Waals surface area contributed by atoms with Crippen LogP contribution in [0.25, 0.3) is 0 Å². The Hall–Kier alpha value is -0.750. The highest BCUT2D eigenvalue weighted by Crippen LogP contribution is 1.96. The lowest BCUT2D eigenvalue weighted by atomic mass is 10.2. The van der Waals surface area contributed by atoms with Crippen molar-refractivity contribution in [3.63, 3.8) is 0 Å². The lowest BCUT2D eigenvalue weighted by Crippen LogP contribution is -2.29. The number of aliphatic hydroxyl groups excluding tert-OH is 1. The molecule has 1 N–H and O–H groups in total. The Morgan fingerprint density at radius 3 is 2.44 bits per heavy atom. The summed E-state index contributed by atoms with van der Waals surface area (Å²) in [6.07, 6.45) is 2.75. The summed E-state index contributed by atoms with van der Waals surface area (Å²) in [4.78, 5) is 1.46. The van der Waals surface area contributed by atoms with Crippen LogP contribution in [0.15, 0.2) is 0 Å². The molecular weight excluding hydrogens is 116 g/mol. The second kappa shape index (κ2) is 4.16. The minimum atomic E-state index is -0.00463. The van der Waals surface area contributed by atoms with Gasteiger partial charge in [-0.25, -0.2) is 0 Å². The van der Waals surface area contributed by atoms with Crippen molar-refractivity contribution in [1.29, 1.82) is 5.26 Å². The minimum Gasteiger partial charge on any atom is -0.394 e. The molecular formula is C6H12N2O. The Kier molecular flexibility index (Phi) is 3.81. The maximum absolute atomic E-state index is 8.63. The van der Waals surface area contributed by atoms with Crippen molar-refractivity contribution < 1.29 is 5.11 Å². The number of hydrogen-bond donors (Lipinski definition) is 1. The van der Waals surface area contributed by atoms with Gasteiger partial charge in [-0.15, -0.1) is 0 Å². The molecule has 1 unspecified atom stereocenters. The van der Waals surface area contributed by atoms with Crippen molar-refractivity contribution in [2.24, 2.45) is 0 Å². The molecule has 0 spiro atoms. The lowest BCUT2D eigenvalue weighted by molar-refractivity contribution is 0.185. The first-order valence-corrected chi connectivity index (χ1v) is 2.99. The van der Waals surface area contributed by atoms with Crippen LogP contribution in [0, 0.1) is 11.5 Å². The Morgan fingerprint density at radius 1 is 1.78 bits per heavy atom. The third-order valence-electron chi connectivity index (χ3n) is 1.39. The predicted molar refractivity (Wildman–Crippen MR) is 34.5 cm³/mol. The van der Waals surface area contributed by atoms with E-state index in [9.17, 15) is 0 Å². The summed E-state index contributed by atoms with van der Waals surface area (Å²) in [6.45, 7) is 2.00. The molecule has 0 aliphatic carbocycles. The van der Waals surface area contributed by atoms with Gasteiger partial charge in [0.1, 0.15) is 0 Å². The molecule has 0 amide bonds. The average Bonchev–Trinajstić information content (AvgIpc) is 1.90. The Balaban J connectivity index is 3.67. The van der Waals surface area contributed by atoms with Crippen molar-refractivity contribution in [3.05, 3.63) is 0 Å². The van der Waals surface area contributed by atoms with Gasteiger partial charge in [-0.3, -0.25) is 0 Å². The highest BCUT2D eigenvalue weighted by atomic mass is 16.3. The monoisotopic (exact) mass is 128 g/mol. The van der Waals surface area contributed by atoms with E-state index >= 15 is 0 Å². The Bertz CT molecular complexity index is 104. The molecule has 0 bridgehead atoms. The molecule has 0 aromatic rings. The largest absolute Gasteiger partial charge is 0.394 e. The zero-order valence-electron chi connectivity index (χ0n) is 5.83. The van der Waals surface area contributed by atoms with Gasteiger partial charge in [-0.2, -0.15) is 5.26 Å². The molecule has 0 saturated carbocycles. The zero-order valence-corrected chi connectivity index (χ0v) is 5.83. The van der Waals surface area contributed by atoms with Gasteiger partial charge in [0.05, 0.1) is 12.6 Å². The van der Waals surface area contributed by atoms with Gasteiger partial charge >= 0.3 is 0 Å². The number of nitriles is 1. The van der Waals surface area contributed by atoms with Crippen LogP contribution in [-0.2, 0) is 0 Å². The van der Waals surface area contributed by atoms with E-state index in [1.54, 1.807) is 7.05 Å². The number of likely N-dealkylation sites (N-methyl/N-ethyl adjacent to an activating group) is 1. The summed E-state index contributed by atoms with van der Waals surface area (Å²) in [7, 11) is 1.67. The molecule has 0 saturated heterocycles. The Morgan fingerprint density at radius 2 is 2.33 bits per heavy atom. The van der Waals surface area contributed by atoms with Crippen LogP contribution in [-0.4, -0.2) is 29.7 Å². The lowest BCUT2D eigenvalue weighted by Gasteiger charge is -2.18. The van der Waals surface area contributed by atoms with E-state index in [0.717, 1.165) is 6.42 Å². The standard InChI is InChI=1S/C6H12N2O/c1-3-6(4-9)8(2)5-7/h6,9H,3-4H2,1-2H3. The fourth-order valence-corrected chi connectivity index (χ4v) is 0.607. The second-order valence-electron chi connectivity index (χ2n) is 1.96. The number of hydrogen-bond acceptors (Lipinski definition) is 3. The van der Waals surface area contributed by atoms with Crippen LogP contribution in [0.3, 0.4) is 0 Å². The molecule has 0 rings (SSSR count). The van der Waals surface area contributed by atoms with E-state index in [1.165, 1.54) is 4.90 Å². The van der Waals surface area contributed by atoms with Crippen LogP contribution < -0.4 is 0 Å². The molecule has 3 heteroatoms. The third-order valence-corrected chi connectivity index (χ3v) is 1.39. The number of aliphatic hydroxyl groups is 1. The first-order valence-electron chi connectivity index (χ1n) is 2.99. The molecule has 0 aromatic carbocycles. The molecule has 0 radical (unpaired) electrons. The highest BCUT2D eigenvalue weighted by molar-refractivity contribution is 4.76. The third kappa shape index (κ3) is 2.34. The van der Waals surface area contributed by atoms with Crippen LogP contribution in [0.2, 0.25) is 0 Å². The van der Waals surface area contributed by atoms with Gasteiger partial charge in [-0.1, -0.05) is 6.92 Å². The fraction of sp³-hybridized carbons (Fsp3) is 0.833. The maximum atomic E-state index is 8.63. The van der Waals surface area contributed by atoms with Crippen molar-refractivity contribution >= 4 is 0 Å². The predicted octanol–water partition coefficient (Wildman–Crippen LogP) is 0.170. The van der Waals surface area contributed by atoms with E-state index in [0.29, 0.717) is 0 Å². The summed E-state index contributed by atoms with van der Waals surface area (Å²) >= 11 is 0. The van der Waals surface area contributed by atoms with Crippen molar-refractivity contribution in [2.45, 2.75) is 19.4 Å². The van der Waals surface area contributed by atoms with E-state index < -0.39 is 0 Å². The molecule has 1 atom stereocenters. The van der Waals surface area contributed by atoms with Crippen LogP contribution in [0.1, 0.15) is 13.3 Å². The van der Waals surface area contributed by atoms with Crippen LogP contribution in [0.5, 0.6) is 0 Å². The topological polar surface area (TPSA) is 47.3 Å². The number of nitrogens with zero attached hydrogens (tertiary/aromatic N) is 2. The molecule has 3 nitrogen and oxygen atoms in total. The maximum Gasteiger partial charge on any atom is 0.179 e. The van der Waals surface area contributed by atoms with E-state index in [4.69, 9.17) is 10.4 Å². The smallest absolute Gasteiger partial charge is 0.179 e.